The fourth-order valence-electron chi connectivity index (χ4n) is 3.27. The fraction of sp³-hybridized carbons (Fsp3) is 0.250. The van der Waals surface area contributed by atoms with E-state index >= 15 is 0 Å². The predicted molar refractivity (Wildman–Crippen MR) is 106 cm³/mol. The molecule has 4 rings (SSSR count). The van der Waals surface area contributed by atoms with E-state index in [1.165, 1.54) is 13.3 Å². The van der Waals surface area contributed by atoms with Crippen LogP contribution in [0.1, 0.15) is 37.6 Å². The zero-order valence-electron chi connectivity index (χ0n) is 15.8. The van der Waals surface area contributed by atoms with E-state index in [1.807, 2.05) is 26.0 Å². The lowest BCUT2D eigenvalue weighted by Crippen LogP contribution is -2.07. The van der Waals surface area contributed by atoms with Gasteiger partial charge >= 0.3 is 0 Å². The molecule has 0 aliphatic rings. The zero-order chi connectivity index (χ0) is 19.8. The normalized spacial score (nSPS) is 12.4. The number of aliphatic hydroxyl groups is 1. The monoisotopic (exact) mass is 376 g/mol. The first-order chi connectivity index (χ1) is 13.5. The number of aromatic nitrogens is 5. The van der Waals surface area contributed by atoms with E-state index in [-0.39, 0.29) is 5.91 Å². The molecular formula is C20H20N6O2. The lowest BCUT2D eigenvalue weighted by atomic mass is 10.0. The summed E-state index contributed by atoms with van der Waals surface area (Å²) in [4.78, 5) is 24.5. The first-order valence-electron chi connectivity index (χ1n) is 9.03. The summed E-state index contributed by atoms with van der Waals surface area (Å²) >= 11 is 0. The Morgan fingerprint density at radius 2 is 2.00 bits per heavy atom. The molecule has 0 saturated heterocycles. The largest absolute Gasteiger partial charge is 0.387 e. The summed E-state index contributed by atoms with van der Waals surface area (Å²) in [6.45, 7) is 5.34. The number of nitrogens with one attached hydrogen (secondary N) is 1. The molecule has 0 unspecified atom stereocenters. The van der Waals surface area contributed by atoms with Gasteiger partial charge in [0, 0.05) is 41.9 Å². The summed E-state index contributed by atoms with van der Waals surface area (Å²) in [7, 11) is 0. The molecule has 0 aliphatic heterocycles. The molecule has 8 nitrogen and oxygen atoms in total. The molecule has 0 fully saturated rings. The van der Waals surface area contributed by atoms with Crippen molar-refractivity contribution in [1.82, 2.24) is 24.6 Å². The first-order valence-corrected chi connectivity index (χ1v) is 9.03. The van der Waals surface area contributed by atoms with Crippen LogP contribution in [0.2, 0.25) is 0 Å². The van der Waals surface area contributed by atoms with E-state index in [9.17, 15) is 9.90 Å². The van der Waals surface area contributed by atoms with Crippen LogP contribution >= 0.6 is 0 Å². The molecule has 4 aromatic rings. The minimum Gasteiger partial charge on any atom is -0.387 e. The number of carbonyl (C=O) groups is 1. The van der Waals surface area contributed by atoms with E-state index in [0.717, 1.165) is 27.6 Å². The Kier molecular flexibility index (Phi) is 4.48. The molecule has 1 amide bonds. The van der Waals surface area contributed by atoms with Crippen LogP contribution in [0, 0.1) is 6.92 Å². The van der Waals surface area contributed by atoms with Gasteiger partial charge in [-0.3, -0.25) is 9.78 Å². The number of nitrogens with zero attached hydrogens (tertiary/aromatic N) is 5. The van der Waals surface area contributed by atoms with Crippen LogP contribution in [-0.2, 0) is 4.79 Å². The van der Waals surface area contributed by atoms with E-state index in [1.54, 1.807) is 23.0 Å². The van der Waals surface area contributed by atoms with Crippen molar-refractivity contribution in [3.63, 3.8) is 0 Å². The van der Waals surface area contributed by atoms with Crippen LogP contribution in [0.5, 0.6) is 0 Å². The number of rotatable bonds is 4. The molecule has 1 atom stereocenters. The van der Waals surface area contributed by atoms with Gasteiger partial charge in [0.2, 0.25) is 5.91 Å². The quantitative estimate of drug-likeness (QED) is 0.567. The maximum Gasteiger partial charge on any atom is 0.222 e. The van der Waals surface area contributed by atoms with Crippen LogP contribution in [0.4, 0.5) is 5.82 Å². The van der Waals surface area contributed by atoms with Crippen molar-refractivity contribution in [2.45, 2.75) is 33.3 Å². The predicted octanol–water partition coefficient (Wildman–Crippen LogP) is 3.05. The van der Waals surface area contributed by atoms with Crippen LogP contribution < -0.4 is 5.32 Å². The zero-order valence-corrected chi connectivity index (χ0v) is 15.8. The molecule has 8 heteroatoms. The van der Waals surface area contributed by atoms with Gasteiger partial charge in [0.15, 0.2) is 5.65 Å². The molecule has 142 valence electrons. The average molecular weight is 376 g/mol. The van der Waals surface area contributed by atoms with Crippen molar-refractivity contribution in [3.05, 3.63) is 48.2 Å². The fourth-order valence-corrected chi connectivity index (χ4v) is 3.27. The summed E-state index contributed by atoms with van der Waals surface area (Å²) in [6, 6.07) is 5.66. The molecule has 4 aromatic heterocycles. The lowest BCUT2D eigenvalue weighted by Gasteiger charge is -2.13. The van der Waals surface area contributed by atoms with Crippen molar-refractivity contribution in [1.29, 1.82) is 0 Å². The van der Waals surface area contributed by atoms with Crippen LogP contribution in [0.15, 0.2) is 36.9 Å². The molecule has 2 N–H and O–H groups in total. The van der Waals surface area contributed by atoms with Crippen molar-refractivity contribution >= 4 is 28.3 Å². The Hall–Kier alpha value is -3.39. The number of fused-ring (bicyclic) bond motifs is 3. The maximum atomic E-state index is 11.3. The van der Waals surface area contributed by atoms with Gasteiger partial charge in [0.25, 0.3) is 0 Å². The second-order valence-electron chi connectivity index (χ2n) is 6.71. The van der Waals surface area contributed by atoms with E-state index < -0.39 is 6.10 Å². The second kappa shape index (κ2) is 6.97. The van der Waals surface area contributed by atoms with Crippen molar-refractivity contribution < 1.29 is 9.90 Å². The number of amides is 1. The summed E-state index contributed by atoms with van der Waals surface area (Å²) in [6.07, 6.45) is 4.99. The highest BCUT2D eigenvalue weighted by atomic mass is 16.3. The van der Waals surface area contributed by atoms with E-state index in [4.69, 9.17) is 0 Å². The second-order valence-corrected chi connectivity index (χ2v) is 6.71. The van der Waals surface area contributed by atoms with Crippen molar-refractivity contribution in [2.24, 2.45) is 0 Å². The van der Waals surface area contributed by atoms with Gasteiger partial charge in [0.05, 0.1) is 17.3 Å². The highest BCUT2D eigenvalue weighted by Crippen LogP contribution is 2.31. The number of carbonyl (C=O) groups excluding carboxylic acids is 1. The smallest absolute Gasteiger partial charge is 0.222 e. The van der Waals surface area contributed by atoms with Crippen LogP contribution in [-0.4, -0.2) is 35.6 Å². The first kappa shape index (κ1) is 18.0. The van der Waals surface area contributed by atoms with Crippen molar-refractivity contribution in [3.8, 4) is 11.1 Å². The minimum atomic E-state index is -0.575. The molecule has 0 saturated carbocycles. The van der Waals surface area contributed by atoms with Gasteiger partial charge in [-0.05, 0) is 31.0 Å². The number of pyridine rings is 3. The van der Waals surface area contributed by atoms with Gasteiger partial charge in [-0.2, -0.15) is 5.10 Å². The highest BCUT2D eigenvalue weighted by Gasteiger charge is 2.16. The third kappa shape index (κ3) is 3.07. The van der Waals surface area contributed by atoms with Gasteiger partial charge in [-0.15, -0.1) is 0 Å². The highest BCUT2D eigenvalue weighted by molar-refractivity contribution is 5.94. The topological polar surface area (TPSA) is 105 Å². The Bertz CT molecular complexity index is 1200. The molecule has 0 bridgehead atoms. The molecule has 0 aromatic carbocycles. The summed E-state index contributed by atoms with van der Waals surface area (Å²) < 4.78 is 1.73. The molecule has 28 heavy (non-hydrogen) atoms. The molecular weight excluding hydrogens is 356 g/mol. The Balaban J connectivity index is 1.90. The van der Waals surface area contributed by atoms with E-state index in [2.05, 4.69) is 25.4 Å². The molecule has 4 heterocycles. The number of hydrogen-bond donors (Lipinski definition) is 2. The minimum absolute atomic E-state index is 0.186. The summed E-state index contributed by atoms with van der Waals surface area (Å²) in [5.74, 6) is 0.273. The van der Waals surface area contributed by atoms with E-state index in [0.29, 0.717) is 23.6 Å². The third-order valence-electron chi connectivity index (χ3n) is 4.68. The Labute approximate surface area is 161 Å². The Morgan fingerprint density at radius 3 is 2.71 bits per heavy atom. The van der Waals surface area contributed by atoms with Gasteiger partial charge < -0.3 is 10.4 Å². The Morgan fingerprint density at radius 1 is 1.18 bits per heavy atom. The number of aryl methyl sites for hydroxylation is 1. The molecule has 0 aliphatic carbocycles. The average Bonchev–Trinajstić information content (AvgIpc) is 3.17. The SMILES string of the molecule is CC[C@@H](O)c1cc(C)c(-c2cc3cnc(NC(C)=O)cc3n3ncnc23)cn1. The third-order valence-corrected chi connectivity index (χ3v) is 4.68. The number of anilines is 1. The number of aliphatic hydroxyl groups excluding tert-OH is 1. The molecule has 0 radical (unpaired) electrons. The van der Waals surface area contributed by atoms with Gasteiger partial charge in [-0.1, -0.05) is 6.92 Å². The summed E-state index contributed by atoms with van der Waals surface area (Å²) in [5.41, 5.74) is 4.91. The maximum absolute atomic E-state index is 11.3. The van der Waals surface area contributed by atoms with Crippen molar-refractivity contribution in [2.75, 3.05) is 5.32 Å². The standard InChI is InChI=1S/C20H20N6O2/c1-4-18(28)16-5-11(2)15(9-21-16)14-6-13-8-22-19(25-12(3)27)7-17(13)26-20(14)23-10-24-26/h5-10,18,28H,4H2,1-3H3,(H,22,25,27)/t18-/m1/s1. The van der Waals surface area contributed by atoms with Gasteiger partial charge in [-0.25, -0.2) is 14.5 Å². The van der Waals surface area contributed by atoms with Crippen LogP contribution in [0.25, 0.3) is 27.7 Å². The molecule has 0 spiro atoms. The van der Waals surface area contributed by atoms with Gasteiger partial charge in [0.1, 0.15) is 12.1 Å². The van der Waals surface area contributed by atoms with Crippen LogP contribution in [0.3, 0.4) is 0 Å². The number of hydrogen-bond acceptors (Lipinski definition) is 6. The lowest BCUT2D eigenvalue weighted by molar-refractivity contribution is -0.114. The summed E-state index contributed by atoms with van der Waals surface area (Å²) in [5, 5.41) is 17.9.